The van der Waals surface area contributed by atoms with Gasteiger partial charge in [-0.1, -0.05) is 57.2 Å². The van der Waals surface area contributed by atoms with Crippen LogP contribution >= 0.6 is 0 Å². The van der Waals surface area contributed by atoms with Gasteiger partial charge in [0.1, 0.15) is 12.2 Å². The van der Waals surface area contributed by atoms with Crippen LogP contribution in [0.4, 0.5) is 0 Å². The summed E-state index contributed by atoms with van der Waals surface area (Å²) in [7, 11) is -2.45. The lowest BCUT2D eigenvalue weighted by Gasteiger charge is -2.48. The number of nitrogens with zero attached hydrogens (tertiary/aromatic N) is 1. The molecular formula is C24H29NO5Si. The van der Waals surface area contributed by atoms with E-state index in [1.54, 1.807) is 0 Å². The summed E-state index contributed by atoms with van der Waals surface area (Å²) < 4.78 is 18.0. The third kappa shape index (κ3) is 3.59. The minimum absolute atomic E-state index is 0.128. The van der Waals surface area contributed by atoms with Crippen molar-refractivity contribution in [3.63, 3.8) is 0 Å². The van der Waals surface area contributed by atoms with Crippen molar-refractivity contribution in [1.82, 2.24) is 5.16 Å². The van der Waals surface area contributed by atoms with E-state index in [9.17, 15) is 9.59 Å². The first kappa shape index (κ1) is 21.7. The summed E-state index contributed by atoms with van der Waals surface area (Å²) in [6, 6.07) is 9.63. The van der Waals surface area contributed by atoms with Crippen LogP contribution in [0.1, 0.15) is 48.9 Å². The van der Waals surface area contributed by atoms with Gasteiger partial charge in [0.15, 0.2) is 25.5 Å². The number of rotatable bonds is 5. The third-order valence-electron chi connectivity index (χ3n) is 6.80. The summed E-state index contributed by atoms with van der Waals surface area (Å²) in [6.07, 6.45) is 4.30. The van der Waals surface area contributed by atoms with Gasteiger partial charge in [0.25, 0.3) is 5.88 Å². The van der Waals surface area contributed by atoms with Gasteiger partial charge in [0.05, 0.1) is 0 Å². The molecule has 1 aromatic heterocycles. The Balaban J connectivity index is 1.73. The molecule has 0 N–H and O–H groups in total. The van der Waals surface area contributed by atoms with Gasteiger partial charge in [0, 0.05) is 12.3 Å². The lowest BCUT2D eigenvalue weighted by atomic mass is 9.68. The average molecular weight is 440 g/mol. The van der Waals surface area contributed by atoms with Crippen LogP contribution in [0, 0.1) is 5.92 Å². The van der Waals surface area contributed by atoms with E-state index < -0.39 is 13.9 Å². The highest BCUT2D eigenvalue weighted by Gasteiger charge is 2.61. The zero-order chi connectivity index (χ0) is 22.4. The Morgan fingerprint density at radius 3 is 2.58 bits per heavy atom. The van der Waals surface area contributed by atoms with Crippen LogP contribution in [-0.2, 0) is 22.2 Å². The number of fused-ring (bicyclic) bond motifs is 2. The molecule has 1 aromatic carbocycles. The maximum atomic E-state index is 13.9. The van der Waals surface area contributed by atoms with Crippen molar-refractivity contribution in [2.75, 3.05) is 0 Å². The summed E-state index contributed by atoms with van der Waals surface area (Å²) in [5.41, 5.74) is -0.347. The largest absolute Gasteiger partial charge is 0.470 e. The highest BCUT2D eigenvalue weighted by Crippen LogP contribution is 2.48. The predicted molar refractivity (Wildman–Crippen MR) is 119 cm³/mol. The molecule has 1 heterocycles. The minimum atomic E-state index is -2.45. The molecule has 164 valence electrons. The van der Waals surface area contributed by atoms with E-state index in [1.807, 2.05) is 36.4 Å². The van der Waals surface area contributed by atoms with Gasteiger partial charge in [-0.2, -0.15) is 0 Å². The number of Topliss-reactive ketones (excluding diaryl/α,β-unsaturated/α-hetero) is 1. The summed E-state index contributed by atoms with van der Waals surface area (Å²) in [5, 5.41) is 3.87. The lowest BCUT2D eigenvalue weighted by Crippen LogP contribution is -2.63. The smallest absolute Gasteiger partial charge is 0.265 e. The summed E-state index contributed by atoms with van der Waals surface area (Å²) in [6.45, 7) is 10.7. The molecule has 6 nitrogen and oxygen atoms in total. The first-order chi connectivity index (χ1) is 14.6. The van der Waals surface area contributed by atoms with Crippen molar-refractivity contribution < 1.29 is 23.3 Å². The number of benzene rings is 1. The van der Waals surface area contributed by atoms with E-state index in [2.05, 4.69) is 39.0 Å². The zero-order valence-electron chi connectivity index (χ0n) is 18.7. The molecule has 7 heteroatoms. The Kier molecular flexibility index (Phi) is 5.30. The number of ether oxygens (including phenoxy) is 1. The molecule has 2 atom stereocenters. The molecule has 2 aliphatic rings. The van der Waals surface area contributed by atoms with Gasteiger partial charge >= 0.3 is 0 Å². The molecule has 0 saturated heterocycles. The topological polar surface area (TPSA) is 78.6 Å². The van der Waals surface area contributed by atoms with Crippen LogP contribution in [0.25, 0.3) is 0 Å². The maximum Gasteiger partial charge on any atom is 0.265 e. The summed E-state index contributed by atoms with van der Waals surface area (Å²) in [4.78, 5) is 27.2. The molecule has 0 aliphatic heterocycles. The van der Waals surface area contributed by atoms with E-state index in [1.165, 1.54) is 6.08 Å². The Morgan fingerprint density at radius 1 is 1.19 bits per heavy atom. The lowest BCUT2D eigenvalue weighted by molar-refractivity contribution is -0.132. The van der Waals surface area contributed by atoms with Crippen molar-refractivity contribution in [3.05, 3.63) is 59.4 Å². The van der Waals surface area contributed by atoms with E-state index >= 15 is 0 Å². The fraction of sp³-hybridized carbons (Fsp3) is 0.458. The third-order valence-corrected chi connectivity index (χ3v) is 11.2. The summed E-state index contributed by atoms with van der Waals surface area (Å²) in [5.74, 6) is -0.394. The average Bonchev–Trinajstić information content (AvgIpc) is 3.11. The van der Waals surface area contributed by atoms with Gasteiger partial charge in [-0.25, -0.2) is 0 Å². The number of ketones is 2. The first-order valence-electron chi connectivity index (χ1n) is 10.7. The van der Waals surface area contributed by atoms with Gasteiger partial charge in [-0.15, -0.1) is 0 Å². The predicted octanol–water partition coefficient (Wildman–Crippen LogP) is 4.90. The Hall–Kier alpha value is -2.51. The van der Waals surface area contributed by atoms with Crippen LogP contribution in [-0.4, -0.2) is 30.6 Å². The molecule has 2 aliphatic carbocycles. The molecule has 0 spiro atoms. The molecule has 0 amide bonds. The van der Waals surface area contributed by atoms with Crippen molar-refractivity contribution in [2.45, 2.75) is 64.0 Å². The van der Waals surface area contributed by atoms with Gasteiger partial charge < -0.3 is 13.7 Å². The highest BCUT2D eigenvalue weighted by molar-refractivity contribution is 6.74. The number of aromatic nitrogens is 1. The van der Waals surface area contributed by atoms with Crippen LogP contribution in [0.15, 0.2) is 47.0 Å². The second-order valence-electron chi connectivity index (χ2n) is 9.89. The number of carbonyl (C=O) groups is 2. The van der Waals surface area contributed by atoms with E-state index in [-0.39, 0.29) is 40.6 Å². The van der Waals surface area contributed by atoms with Gasteiger partial charge in [-0.3, -0.25) is 9.59 Å². The van der Waals surface area contributed by atoms with Crippen molar-refractivity contribution in [3.8, 4) is 5.88 Å². The summed E-state index contributed by atoms with van der Waals surface area (Å²) >= 11 is 0. The van der Waals surface area contributed by atoms with Crippen molar-refractivity contribution in [2.24, 2.45) is 5.92 Å². The normalized spacial score (nSPS) is 23.5. The molecule has 0 saturated carbocycles. The van der Waals surface area contributed by atoms with Gasteiger partial charge in [0.2, 0.25) is 5.78 Å². The second-order valence-corrected chi connectivity index (χ2v) is 14.6. The Labute approximate surface area is 183 Å². The van der Waals surface area contributed by atoms with E-state index in [4.69, 9.17) is 13.7 Å². The molecule has 0 fully saturated rings. The number of carbonyl (C=O) groups excluding carboxylic acids is 2. The second kappa shape index (κ2) is 7.57. The van der Waals surface area contributed by atoms with Crippen molar-refractivity contribution >= 4 is 19.9 Å². The quantitative estimate of drug-likeness (QED) is 0.487. The van der Waals surface area contributed by atoms with Crippen LogP contribution in [0.5, 0.6) is 5.88 Å². The van der Waals surface area contributed by atoms with Gasteiger partial charge in [-0.05, 0) is 41.3 Å². The molecule has 0 bridgehead atoms. The Morgan fingerprint density at radius 2 is 1.90 bits per heavy atom. The van der Waals surface area contributed by atoms with Crippen LogP contribution in [0.2, 0.25) is 18.1 Å². The Bertz CT molecular complexity index is 1030. The first-order valence-corrected chi connectivity index (χ1v) is 13.6. The molecular weight excluding hydrogens is 410 g/mol. The molecule has 2 unspecified atom stereocenters. The monoisotopic (exact) mass is 439 g/mol. The molecule has 2 aromatic rings. The van der Waals surface area contributed by atoms with Crippen molar-refractivity contribution in [1.29, 1.82) is 0 Å². The highest BCUT2D eigenvalue weighted by atomic mass is 28.4. The molecule has 4 rings (SSSR count). The van der Waals surface area contributed by atoms with Crippen LogP contribution < -0.4 is 4.74 Å². The number of hydrogen-bond donors (Lipinski definition) is 0. The molecule has 31 heavy (non-hydrogen) atoms. The number of hydrogen-bond acceptors (Lipinski definition) is 6. The zero-order valence-corrected chi connectivity index (χ0v) is 19.7. The number of allylic oxidation sites excluding steroid dienone is 1. The standard InChI is InChI=1S/C24H29NO5Si/c1-23(2,3)31(4,5)30-24-17(12-9-13-19(24)26)14-18-20(21(24)27)22(25-29-18)28-15-16-10-7-6-8-11-16/h6-11,13,17H,12,14-15H2,1-5H3. The minimum Gasteiger partial charge on any atom is -0.470 e. The fourth-order valence-electron chi connectivity index (χ4n) is 3.99. The molecule has 0 radical (unpaired) electrons. The van der Waals surface area contributed by atoms with Crippen LogP contribution in [0.3, 0.4) is 0 Å². The maximum absolute atomic E-state index is 13.9. The SMILES string of the molecule is CC(C)(C)[Si](C)(C)OC12C(=O)C=CCC1Cc1onc(OCc3ccccc3)c1C2=O. The van der Waals surface area contributed by atoms with E-state index in [0.29, 0.717) is 18.6 Å². The fourth-order valence-corrected chi connectivity index (χ4v) is 5.47. The van der Waals surface area contributed by atoms with E-state index in [0.717, 1.165) is 5.56 Å².